The van der Waals surface area contributed by atoms with Gasteiger partial charge in [0.15, 0.2) is 16.6 Å². The zero-order valence-corrected chi connectivity index (χ0v) is 89.0. The maximum Gasteiger partial charge on any atom is 0.533 e. The third-order valence-electron chi connectivity index (χ3n) is 9.19. The van der Waals surface area contributed by atoms with Gasteiger partial charge in [0.1, 0.15) is 0 Å². The maximum atomic E-state index is 13.0. The summed E-state index contributed by atoms with van der Waals surface area (Å²) >= 11 is 0. The molecule has 0 aromatic heterocycles. The Labute approximate surface area is 564 Å². The molecule has 0 amide bonds. The Balaban J connectivity index is 5.88. The van der Waals surface area contributed by atoms with E-state index in [1.165, 1.54) is 13.1 Å². The molecule has 0 aliphatic heterocycles. The van der Waals surface area contributed by atoms with Crippen LogP contribution < -0.4 is 0 Å². The van der Waals surface area contributed by atoms with E-state index < -0.39 is 330 Å². The fraction of sp³-hybridized carbons (Fsp3) is 1.00. The minimum Gasteiger partial charge on any atom is -0.577 e. The number of rotatable bonds is 45. The Morgan fingerprint density at radius 3 is 0.630 bits per heavy atom. The third-order valence-corrected chi connectivity index (χ3v) is 305. The molecule has 0 aromatic rings. The van der Waals surface area contributed by atoms with Crippen molar-refractivity contribution in [2.75, 3.05) is 0 Å². The van der Waals surface area contributed by atoms with Crippen LogP contribution in [0.1, 0.15) is 0 Å². The van der Waals surface area contributed by atoms with Crippen LogP contribution in [0.25, 0.3) is 0 Å². The summed E-state index contributed by atoms with van der Waals surface area (Å²) in [4.78, 5) is 0. The van der Waals surface area contributed by atoms with Gasteiger partial charge in [0.05, 0.1) is 0 Å². The Kier molecular flexibility index (Phi) is 40.7. The zero-order chi connectivity index (χ0) is 73.0. The SMILES string of the molecule is C[SiH](O[Si](=O)[Si](=O)[Si](=O)[Si](=O)[Si](=O)[Si](=O)[Si](=O)[Si](=O)[Si](=O)[Si](=O)[Si](=O)[Si](=O)[Si](=O)[Si](=O)[Si](=O)[Si](=O)[Si](=O)[Si](=O)[Si](=O)[Si](=O)[Si](=O)[Si](=O)[Si](=O)[Si](=O)[Si](=O)[Si](=O)[Si](=O)[Si](=O)[Si]O[Si](C)(C)C)[Si](=O)[Si](=O)[Si](=O)[Si](=O)[Si](=O)[Si](=O)[Si](=O)[Si](=O)[Si](=O)O[Si](C)(C)O[Si](C)(C)C. The van der Waals surface area contributed by atoms with Crippen molar-refractivity contribution < 1.29 is 182 Å². The van der Waals surface area contributed by atoms with Gasteiger partial charge in [-0.05, 0) is 58.9 Å². The van der Waals surface area contributed by atoms with Crippen LogP contribution in [0.4, 0.5) is 0 Å². The molecule has 0 spiro atoms. The maximum absolute atomic E-state index is 13.0. The van der Waals surface area contributed by atoms with Gasteiger partial charge >= 0.3 is 296 Å². The average molecular weight is 1970 g/mol. The molecule has 0 saturated carbocycles. The molecule has 0 fully saturated rings. The fourth-order valence-electron chi connectivity index (χ4n) is 5.12. The van der Waals surface area contributed by atoms with Gasteiger partial charge in [0.25, 0.3) is 17.8 Å². The van der Waals surface area contributed by atoms with Crippen LogP contribution in [0.2, 0.25) is 58.9 Å². The van der Waals surface area contributed by atoms with Crippen molar-refractivity contribution in [3.05, 3.63) is 0 Å². The van der Waals surface area contributed by atoms with Crippen molar-refractivity contribution in [3.63, 3.8) is 0 Å². The second kappa shape index (κ2) is 40.2. The van der Waals surface area contributed by atoms with Crippen LogP contribution in [0.3, 0.4) is 0 Å². The molecule has 0 rings (SSSR count). The van der Waals surface area contributed by atoms with E-state index in [0.717, 1.165) is 6.55 Å². The van der Waals surface area contributed by atoms with Crippen LogP contribution in [0.15, 0.2) is 0 Å². The van der Waals surface area contributed by atoms with E-state index in [2.05, 4.69) is 0 Å². The normalized spacial score (nSPS) is 11.1. The van der Waals surface area contributed by atoms with E-state index >= 15 is 0 Å². The molecule has 41 nitrogen and oxygen atoms in total. The van der Waals surface area contributed by atoms with E-state index in [9.17, 15) is 165 Å². The highest BCUT2D eigenvalue weighted by molar-refractivity contribution is 7.85. The third kappa shape index (κ3) is 26.9. The summed E-state index contributed by atoms with van der Waals surface area (Å²) in [7, 11) is -178. The van der Waals surface area contributed by atoms with Crippen molar-refractivity contribution >= 4 is 330 Å². The molecule has 2 radical (unpaired) electrons. The van der Waals surface area contributed by atoms with Gasteiger partial charge < -0.3 is 182 Å². The first-order chi connectivity index (χ1) is 41.5. The molecule has 0 aromatic carbocycles. The lowest BCUT2D eigenvalue weighted by Gasteiger charge is -2.30. The van der Waals surface area contributed by atoms with Crippen molar-refractivity contribution in [1.82, 2.24) is 0 Å². The molecule has 1 atom stereocenters. The molecule has 0 N–H and O–H groups in total. The van der Waals surface area contributed by atoms with Crippen LogP contribution in [0.5, 0.6) is 0 Å². The Bertz CT molecular complexity index is 3900. The monoisotopic (exact) mass is 1970 g/mol. The highest BCUT2D eigenvalue weighted by Gasteiger charge is 2.59. The summed E-state index contributed by atoms with van der Waals surface area (Å²) in [5.41, 5.74) is 0. The summed E-state index contributed by atoms with van der Waals surface area (Å²) in [6.07, 6.45) is 0. The van der Waals surface area contributed by atoms with Crippen molar-refractivity contribution in [3.8, 4) is 0 Å². The van der Waals surface area contributed by atoms with E-state index in [0.29, 0.717) is 0 Å². The highest BCUT2D eigenvalue weighted by atomic mass is 30.1. The second-order valence-corrected chi connectivity index (χ2v) is 213. The molecule has 1 unspecified atom stereocenters. The van der Waals surface area contributed by atoms with E-state index in [-0.39, 0.29) is 0 Å². The number of hydrogen-bond donors (Lipinski definition) is 0. The minimum absolute atomic E-state index is 0.764. The molecular formula is C9H28O41Si42. The molecule has 478 valence electrons. The van der Waals surface area contributed by atoms with Crippen molar-refractivity contribution in [2.24, 2.45) is 0 Å². The molecular weight excluding hydrogens is 1940 g/mol. The van der Waals surface area contributed by atoms with Gasteiger partial charge in [-0.15, -0.1) is 0 Å². The zero-order valence-electron chi connectivity index (χ0n) is 46.8. The van der Waals surface area contributed by atoms with Crippen LogP contribution in [0, 0.1) is 0 Å². The number of hydrogen-bond acceptors (Lipinski definition) is 41. The van der Waals surface area contributed by atoms with Gasteiger partial charge in [-0.25, -0.2) is 0 Å². The highest BCUT2D eigenvalue weighted by Crippen LogP contribution is 2.15. The van der Waals surface area contributed by atoms with Gasteiger partial charge in [-0.3, -0.25) is 0 Å². The Morgan fingerprint density at radius 2 is 0.424 bits per heavy atom. The fourth-order valence-corrected chi connectivity index (χ4v) is 438. The molecule has 0 aliphatic rings. The first kappa shape index (κ1) is 93.2. The molecule has 0 saturated heterocycles. The predicted molar refractivity (Wildman–Crippen MR) is 326 cm³/mol. The summed E-state index contributed by atoms with van der Waals surface area (Å²) in [5.74, 6) is 0. The molecule has 83 heteroatoms. The quantitative estimate of drug-likeness (QED) is 0.0511. The molecule has 92 heavy (non-hydrogen) atoms. The van der Waals surface area contributed by atoms with E-state index in [1.807, 2.05) is 0 Å². The topological polar surface area (TPSA) is 669 Å². The Hall–Kier alpha value is 1.23. The lowest BCUT2D eigenvalue weighted by Crippen LogP contribution is -2.57. The van der Waals surface area contributed by atoms with Crippen LogP contribution >= 0.6 is 0 Å². The predicted octanol–water partition coefficient (Wildman–Crippen LogP) is -15.7. The standard InChI is InChI=1S/C9H28O41Si42/c1-52(56(13)60(17)64(21)68(25)70(27)66(23)62(19)58(15)54(11)49-92(8,9)50-91(5,6)7)48-53(10)57(14)61(18)65(22)69(26)72(29)74(31)76(33)78(35)80(37)82(39)84(41)86(43)88(45)89(46)87(44)85(42)83(40)81(38)79(36)77(34)75(32)73(30)71(28)67(24)63(20)59(16)55(12)51-47-90(2,3)4/h52H,1-9H3. The second-order valence-electron chi connectivity index (χ2n) is 18.9. The lowest BCUT2D eigenvalue weighted by atomic mass is 11.8. The summed E-state index contributed by atoms with van der Waals surface area (Å²) in [5, 5.41) is 0. The van der Waals surface area contributed by atoms with Crippen LogP contribution in [-0.4, -0.2) is 330 Å². The lowest BCUT2D eigenvalue weighted by molar-refractivity contribution is 0.377. The smallest absolute Gasteiger partial charge is 0.533 e. The summed E-state index contributed by atoms with van der Waals surface area (Å²) < 4.78 is 494. The minimum atomic E-state index is -4.81. The van der Waals surface area contributed by atoms with Crippen molar-refractivity contribution in [1.29, 1.82) is 0 Å². The van der Waals surface area contributed by atoms with Gasteiger partial charge in [0.2, 0.25) is 0 Å². The first-order valence-electron chi connectivity index (χ1n) is 23.1. The average Bonchev–Trinajstić information content (AvgIpc) is 0.858. The van der Waals surface area contributed by atoms with Gasteiger partial charge in [-0.2, -0.15) is 0 Å². The summed E-state index contributed by atoms with van der Waals surface area (Å²) in [6, 6.07) is 0. The van der Waals surface area contributed by atoms with Crippen molar-refractivity contribution in [2.45, 2.75) is 58.9 Å². The summed E-state index contributed by atoms with van der Waals surface area (Å²) in [6.45, 7) is 13.6. The largest absolute Gasteiger partial charge is 0.577 e. The van der Waals surface area contributed by atoms with Crippen LogP contribution in [-0.2, 0) is 182 Å². The van der Waals surface area contributed by atoms with E-state index in [4.69, 9.17) is 16.5 Å². The Morgan fingerprint density at radius 1 is 0.239 bits per heavy atom. The van der Waals surface area contributed by atoms with Gasteiger partial charge in [0, 0.05) is 0 Å². The first-order valence-corrected chi connectivity index (χ1v) is 125. The van der Waals surface area contributed by atoms with E-state index in [1.54, 1.807) is 39.3 Å². The molecule has 0 aliphatic carbocycles. The molecule has 0 bridgehead atoms. The van der Waals surface area contributed by atoms with Gasteiger partial charge in [-0.1, -0.05) is 0 Å². The molecule has 0 heterocycles.